The SMILES string of the molecule is CC(=O)Nc1ccc(N2C(=O)[C@@H]3[C@H](C)N[C@@]4(C(=O)N(CCBr)c5ccccc54)[C@H]3C2=O)cc1. The molecule has 4 amide bonds. The first-order valence-electron chi connectivity index (χ1n) is 10.8. The van der Waals surface area contributed by atoms with Gasteiger partial charge in [0.15, 0.2) is 0 Å². The Morgan fingerprint density at radius 1 is 1.09 bits per heavy atom. The monoisotopic (exact) mass is 510 g/mol. The van der Waals surface area contributed by atoms with Gasteiger partial charge in [-0.1, -0.05) is 34.1 Å². The van der Waals surface area contributed by atoms with Gasteiger partial charge < -0.3 is 10.2 Å². The zero-order valence-electron chi connectivity index (χ0n) is 18.2. The average molecular weight is 511 g/mol. The van der Waals surface area contributed by atoms with E-state index in [1.165, 1.54) is 11.8 Å². The van der Waals surface area contributed by atoms with Crippen LogP contribution in [0.15, 0.2) is 48.5 Å². The highest BCUT2D eigenvalue weighted by Crippen LogP contribution is 2.54. The molecule has 0 unspecified atom stereocenters. The summed E-state index contributed by atoms with van der Waals surface area (Å²) in [5.41, 5.74) is 1.22. The summed E-state index contributed by atoms with van der Waals surface area (Å²) in [4.78, 5) is 55.3. The minimum absolute atomic E-state index is 0.202. The Morgan fingerprint density at radius 2 is 1.79 bits per heavy atom. The van der Waals surface area contributed by atoms with Crippen LogP contribution in [-0.2, 0) is 24.7 Å². The van der Waals surface area contributed by atoms with Gasteiger partial charge in [-0.05, 0) is 37.3 Å². The zero-order valence-corrected chi connectivity index (χ0v) is 19.8. The number of carbonyl (C=O) groups excluding carboxylic acids is 4. The van der Waals surface area contributed by atoms with Crippen molar-refractivity contribution in [3.8, 4) is 0 Å². The molecule has 2 fully saturated rings. The smallest absolute Gasteiger partial charge is 0.252 e. The molecule has 3 heterocycles. The Labute approximate surface area is 199 Å². The van der Waals surface area contributed by atoms with E-state index in [-0.39, 0.29) is 23.8 Å². The van der Waals surface area contributed by atoms with Crippen LogP contribution < -0.4 is 20.4 Å². The highest BCUT2D eigenvalue weighted by atomic mass is 79.9. The van der Waals surface area contributed by atoms with E-state index in [0.29, 0.717) is 23.2 Å². The van der Waals surface area contributed by atoms with E-state index >= 15 is 0 Å². The van der Waals surface area contributed by atoms with E-state index in [2.05, 4.69) is 26.6 Å². The number of benzene rings is 2. The molecule has 1 spiro atoms. The standard InChI is InChI=1S/C24H23BrN4O4/c1-13-19-20(22(32)29(21(19)31)16-9-7-15(8-10-16)26-14(2)30)24(27-13)17-5-3-4-6-18(17)28(12-11-25)23(24)33/h3-10,13,19-20,27H,11-12H2,1-2H3,(H,26,30)/t13-,19+,20+,24+/m0/s1. The molecule has 5 rings (SSSR count). The number of nitrogens with zero attached hydrogens (tertiary/aromatic N) is 2. The third-order valence-electron chi connectivity index (χ3n) is 6.77. The van der Waals surface area contributed by atoms with Crippen LogP contribution in [0.2, 0.25) is 0 Å². The number of para-hydroxylation sites is 1. The van der Waals surface area contributed by atoms with E-state index in [1.807, 2.05) is 31.2 Å². The van der Waals surface area contributed by atoms with Crippen molar-refractivity contribution < 1.29 is 19.2 Å². The second-order valence-electron chi connectivity index (χ2n) is 8.65. The Kier molecular flexibility index (Phi) is 5.13. The molecule has 3 aliphatic rings. The number of anilines is 3. The van der Waals surface area contributed by atoms with Crippen molar-refractivity contribution in [2.45, 2.75) is 25.4 Å². The van der Waals surface area contributed by atoms with E-state index in [9.17, 15) is 19.2 Å². The second kappa shape index (κ2) is 7.78. The van der Waals surface area contributed by atoms with Gasteiger partial charge in [-0.3, -0.25) is 24.5 Å². The molecular weight excluding hydrogens is 488 g/mol. The highest BCUT2D eigenvalue weighted by Gasteiger charge is 2.70. The molecule has 2 N–H and O–H groups in total. The maximum atomic E-state index is 13.8. The molecule has 9 heteroatoms. The van der Waals surface area contributed by atoms with Crippen molar-refractivity contribution in [3.05, 3.63) is 54.1 Å². The van der Waals surface area contributed by atoms with Crippen molar-refractivity contribution in [2.24, 2.45) is 11.8 Å². The number of hydrogen-bond donors (Lipinski definition) is 2. The van der Waals surface area contributed by atoms with E-state index < -0.39 is 23.3 Å². The van der Waals surface area contributed by atoms with Crippen molar-refractivity contribution >= 4 is 56.6 Å². The van der Waals surface area contributed by atoms with Gasteiger partial charge in [0.05, 0.1) is 17.5 Å². The lowest BCUT2D eigenvalue weighted by Crippen LogP contribution is -2.55. The molecule has 2 aromatic carbocycles. The van der Waals surface area contributed by atoms with E-state index in [1.54, 1.807) is 29.2 Å². The van der Waals surface area contributed by atoms with Gasteiger partial charge in [-0.25, -0.2) is 4.90 Å². The maximum Gasteiger partial charge on any atom is 0.252 e. The van der Waals surface area contributed by atoms with Gasteiger partial charge in [0.1, 0.15) is 5.54 Å². The predicted molar refractivity (Wildman–Crippen MR) is 127 cm³/mol. The Hall–Kier alpha value is -3.04. The molecule has 0 saturated carbocycles. The Balaban J connectivity index is 1.58. The number of alkyl halides is 1. The number of carbonyl (C=O) groups is 4. The maximum absolute atomic E-state index is 13.8. The van der Waals surface area contributed by atoms with E-state index in [0.717, 1.165) is 11.3 Å². The fourth-order valence-corrected chi connectivity index (χ4v) is 5.92. The van der Waals surface area contributed by atoms with E-state index in [4.69, 9.17) is 0 Å². The third-order valence-corrected chi connectivity index (χ3v) is 7.12. The fourth-order valence-electron chi connectivity index (χ4n) is 5.57. The molecule has 8 nitrogen and oxygen atoms in total. The van der Waals surface area contributed by atoms with Gasteiger partial charge in [0.2, 0.25) is 17.7 Å². The number of rotatable bonds is 4. The number of imide groups is 1. The molecular formula is C24H23BrN4O4. The lowest BCUT2D eigenvalue weighted by molar-refractivity contribution is -0.132. The first kappa shape index (κ1) is 21.8. The predicted octanol–water partition coefficient (Wildman–Crippen LogP) is 2.38. The lowest BCUT2D eigenvalue weighted by Gasteiger charge is -2.30. The van der Waals surface area contributed by atoms with Gasteiger partial charge in [0, 0.05) is 41.8 Å². The van der Waals surface area contributed by atoms with Crippen molar-refractivity contribution in [3.63, 3.8) is 0 Å². The first-order valence-corrected chi connectivity index (χ1v) is 11.9. The molecule has 0 radical (unpaired) electrons. The molecule has 170 valence electrons. The van der Waals surface area contributed by atoms with Crippen LogP contribution in [0.25, 0.3) is 0 Å². The molecule has 4 atom stereocenters. The molecule has 33 heavy (non-hydrogen) atoms. The van der Waals surface area contributed by atoms with Crippen molar-refractivity contribution in [1.82, 2.24) is 5.32 Å². The summed E-state index contributed by atoms with van der Waals surface area (Å²) in [5, 5.41) is 6.63. The highest BCUT2D eigenvalue weighted by molar-refractivity contribution is 9.09. The summed E-state index contributed by atoms with van der Waals surface area (Å²) in [6.45, 7) is 3.72. The summed E-state index contributed by atoms with van der Waals surface area (Å²) >= 11 is 3.42. The Morgan fingerprint density at radius 3 is 2.45 bits per heavy atom. The van der Waals surface area contributed by atoms with Crippen molar-refractivity contribution in [2.75, 3.05) is 27.0 Å². The molecule has 3 aliphatic heterocycles. The fraction of sp³-hybridized carbons (Fsp3) is 0.333. The van der Waals surface area contributed by atoms with Gasteiger partial charge >= 0.3 is 0 Å². The normalized spacial score (nSPS) is 28.0. The molecule has 0 aliphatic carbocycles. The first-order chi connectivity index (χ1) is 15.8. The number of fused-ring (bicyclic) bond motifs is 4. The summed E-state index contributed by atoms with van der Waals surface area (Å²) in [6.07, 6.45) is 0. The van der Waals surface area contributed by atoms with Crippen LogP contribution >= 0.6 is 15.9 Å². The zero-order chi connectivity index (χ0) is 23.5. The van der Waals surface area contributed by atoms with Gasteiger partial charge in [-0.2, -0.15) is 0 Å². The van der Waals surface area contributed by atoms with Crippen LogP contribution in [0.5, 0.6) is 0 Å². The molecule has 2 saturated heterocycles. The average Bonchev–Trinajstić information content (AvgIpc) is 3.33. The number of hydrogen-bond acceptors (Lipinski definition) is 5. The third kappa shape index (κ3) is 2.99. The number of amides is 4. The largest absolute Gasteiger partial charge is 0.326 e. The van der Waals surface area contributed by atoms with Crippen LogP contribution in [0, 0.1) is 11.8 Å². The summed E-state index contributed by atoms with van der Waals surface area (Å²) in [5.74, 6) is -2.63. The molecule has 0 aromatic heterocycles. The van der Waals surface area contributed by atoms with Crippen molar-refractivity contribution in [1.29, 1.82) is 0 Å². The topological polar surface area (TPSA) is 98.8 Å². The molecule has 2 aromatic rings. The minimum atomic E-state index is -1.28. The quantitative estimate of drug-likeness (QED) is 0.486. The minimum Gasteiger partial charge on any atom is -0.326 e. The van der Waals surface area contributed by atoms with Crippen LogP contribution in [0.3, 0.4) is 0 Å². The number of halogens is 1. The van der Waals surface area contributed by atoms with Crippen LogP contribution in [0.4, 0.5) is 17.1 Å². The second-order valence-corrected chi connectivity index (χ2v) is 9.44. The van der Waals surface area contributed by atoms with Gasteiger partial charge in [0.25, 0.3) is 5.91 Å². The van der Waals surface area contributed by atoms with Crippen LogP contribution in [0.1, 0.15) is 19.4 Å². The van der Waals surface area contributed by atoms with Gasteiger partial charge in [-0.15, -0.1) is 0 Å². The summed E-state index contributed by atoms with van der Waals surface area (Å²) < 4.78 is 0. The summed E-state index contributed by atoms with van der Waals surface area (Å²) in [6, 6.07) is 13.7. The van der Waals surface area contributed by atoms with Crippen LogP contribution in [-0.4, -0.2) is 41.5 Å². The Bertz CT molecular complexity index is 1180. The molecule has 0 bridgehead atoms. The lowest BCUT2D eigenvalue weighted by atomic mass is 9.76. The number of nitrogens with one attached hydrogen (secondary N) is 2. The summed E-state index contributed by atoms with van der Waals surface area (Å²) in [7, 11) is 0.